The Balaban J connectivity index is 2.10. The predicted molar refractivity (Wildman–Crippen MR) is 133 cm³/mol. The minimum absolute atomic E-state index is 0.0150. The van der Waals surface area contributed by atoms with Crippen LogP contribution in [0.15, 0.2) is 24.3 Å². The molecular weight excluding hydrogens is 452 g/mol. The molecule has 2 heterocycles. The summed E-state index contributed by atoms with van der Waals surface area (Å²) < 4.78 is 16.6. The van der Waals surface area contributed by atoms with Gasteiger partial charge in [-0.05, 0) is 43.3 Å². The number of nitrogens with zero attached hydrogens (tertiary/aromatic N) is 1. The summed E-state index contributed by atoms with van der Waals surface area (Å²) in [7, 11) is 0.729. The molecule has 1 N–H and O–H groups in total. The third-order valence-electron chi connectivity index (χ3n) is 6.65. The van der Waals surface area contributed by atoms with E-state index in [1.807, 2.05) is 6.08 Å². The molecule has 0 bridgehead atoms. The van der Waals surface area contributed by atoms with E-state index in [9.17, 15) is 14.4 Å². The quantitative estimate of drug-likeness (QED) is 0.205. The molecule has 2 aliphatic rings. The lowest BCUT2D eigenvalue weighted by Crippen LogP contribution is -2.63. The van der Waals surface area contributed by atoms with E-state index in [0.29, 0.717) is 25.1 Å². The van der Waals surface area contributed by atoms with Crippen LogP contribution in [-0.2, 0) is 23.5 Å². The molecule has 8 nitrogen and oxygen atoms in total. The van der Waals surface area contributed by atoms with Crippen LogP contribution in [0.2, 0.25) is 13.1 Å². The fraction of sp³-hybridized carbons (Fsp3) is 0.720. The molecule has 0 aromatic rings. The van der Waals surface area contributed by atoms with Gasteiger partial charge in [-0.2, -0.15) is 0 Å². The Hall–Kier alpha value is -1.97. The number of hydrogen-bond acceptors (Lipinski definition) is 6. The van der Waals surface area contributed by atoms with Crippen molar-refractivity contribution >= 4 is 26.8 Å². The van der Waals surface area contributed by atoms with Gasteiger partial charge in [-0.15, -0.1) is 0 Å². The number of methoxy groups -OCH3 is 1. The molecular formula is C25H41N2O6Si. The Morgan fingerprint density at radius 1 is 1.32 bits per heavy atom. The molecule has 5 atom stereocenters. The molecule has 0 spiro atoms. The first kappa shape index (κ1) is 28.3. The SMILES string of the molecule is C=CCOC(=O)N1C[C@H](OC)C[C@H]1C=C(C)C(=O)C[C@H]1NC(=O)[C@H]1[C@@H](CO[Si](C)C)C(C)(C)C. The van der Waals surface area contributed by atoms with Crippen LogP contribution < -0.4 is 5.32 Å². The summed E-state index contributed by atoms with van der Waals surface area (Å²) in [4.78, 5) is 39.6. The van der Waals surface area contributed by atoms with Gasteiger partial charge in [0.2, 0.25) is 14.9 Å². The summed E-state index contributed by atoms with van der Waals surface area (Å²) >= 11 is 0. The first-order valence-corrected chi connectivity index (χ1v) is 14.3. The van der Waals surface area contributed by atoms with Gasteiger partial charge in [0.25, 0.3) is 0 Å². The standard InChI is InChI=1S/C25H41N2O6Si/c1-9-10-32-24(30)27-14-18(31-6)12-17(27)11-16(2)21(28)13-20-22(23(29)26-20)19(25(3,4)5)15-33-34(7)8/h9,11,17-20,22H,1,10,12-15H2,2-8H3,(H,26,29)/t17-,18-,19-,20-,22+/m1/s1. The van der Waals surface area contributed by atoms with Crippen molar-refractivity contribution in [3.63, 3.8) is 0 Å². The molecule has 9 heteroatoms. The molecule has 2 aliphatic heterocycles. The van der Waals surface area contributed by atoms with Crippen molar-refractivity contribution in [3.8, 4) is 0 Å². The molecule has 191 valence electrons. The van der Waals surface area contributed by atoms with Gasteiger partial charge in [-0.25, -0.2) is 4.79 Å². The Morgan fingerprint density at radius 2 is 2.00 bits per heavy atom. The number of hydrogen-bond donors (Lipinski definition) is 1. The number of Topliss-reactive ketones (excluding diaryl/α,β-unsaturated/α-hetero) is 1. The first-order valence-electron chi connectivity index (χ1n) is 11.9. The third kappa shape index (κ3) is 7.26. The monoisotopic (exact) mass is 493 g/mol. The Labute approximate surface area is 205 Å². The minimum Gasteiger partial charge on any atom is -0.445 e. The van der Waals surface area contributed by atoms with Crippen LogP contribution in [0.1, 0.15) is 40.5 Å². The van der Waals surface area contributed by atoms with Crippen molar-refractivity contribution in [1.82, 2.24) is 10.2 Å². The summed E-state index contributed by atoms with van der Waals surface area (Å²) in [5, 5.41) is 2.93. The molecule has 2 rings (SSSR count). The van der Waals surface area contributed by atoms with Gasteiger partial charge in [0.15, 0.2) is 5.78 Å². The van der Waals surface area contributed by atoms with Crippen LogP contribution in [0.5, 0.6) is 0 Å². The molecule has 0 unspecified atom stereocenters. The lowest BCUT2D eigenvalue weighted by Gasteiger charge is -2.46. The number of nitrogens with one attached hydrogen (secondary N) is 1. The summed E-state index contributed by atoms with van der Waals surface area (Å²) in [6, 6.07) is -0.507. The maximum Gasteiger partial charge on any atom is 0.410 e. The van der Waals surface area contributed by atoms with E-state index < -0.39 is 15.1 Å². The highest BCUT2D eigenvalue weighted by molar-refractivity contribution is 6.48. The normalized spacial score (nSPS) is 26.2. The Kier molecular flexibility index (Phi) is 10.1. The smallest absolute Gasteiger partial charge is 0.410 e. The van der Waals surface area contributed by atoms with Crippen LogP contribution in [-0.4, -0.2) is 76.8 Å². The summed E-state index contributed by atoms with van der Waals surface area (Å²) in [6.45, 7) is 16.9. The van der Waals surface area contributed by atoms with Crippen molar-refractivity contribution in [2.24, 2.45) is 17.3 Å². The molecule has 2 amide bonds. The number of ketones is 1. The number of β-lactam (4-membered cyclic amide) rings is 1. The van der Waals surface area contributed by atoms with Crippen molar-refractivity contribution in [3.05, 3.63) is 24.3 Å². The van der Waals surface area contributed by atoms with Gasteiger partial charge in [0.1, 0.15) is 6.61 Å². The highest BCUT2D eigenvalue weighted by Crippen LogP contribution is 2.39. The zero-order valence-electron chi connectivity index (χ0n) is 21.7. The molecule has 2 fully saturated rings. The number of carbonyl (C=O) groups is 3. The van der Waals surface area contributed by atoms with Gasteiger partial charge in [-0.1, -0.05) is 39.5 Å². The van der Waals surface area contributed by atoms with Crippen molar-refractivity contribution in [2.75, 3.05) is 26.9 Å². The first-order chi connectivity index (χ1) is 15.9. The van der Waals surface area contributed by atoms with E-state index in [1.165, 1.54) is 6.08 Å². The highest BCUT2D eigenvalue weighted by Gasteiger charge is 2.49. The molecule has 34 heavy (non-hydrogen) atoms. The van der Waals surface area contributed by atoms with Gasteiger partial charge in [-0.3, -0.25) is 14.5 Å². The van der Waals surface area contributed by atoms with E-state index in [4.69, 9.17) is 13.9 Å². The minimum atomic E-state index is -0.880. The second-order valence-corrected chi connectivity index (χ2v) is 12.6. The Morgan fingerprint density at radius 3 is 2.53 bits per heavy atom. The predicted octanol–water partition coefficient (Wildman–Crippen LogP) is 3.35. The van der Waals surface area contributed by atoms with E-state index in [0.717, 1.165) is 0 Å². The fourth-order valence-electron chi connectivity index (χ4n) is 4.57. The lowest BCUT2D eigenvalue weighted by molar-refractivity contribution is -0.143. The van der Waals surface area contributed by atoms with Crippen molar-refractivity contribution in [1.29, 1.82) is 0 Å². The van der Waals surface area contributed by atoms with Gasteiger partial charge < -0.3 is 19.2 Å². The number of ether oxygens (including phenoxy) is 2. The average molecular weight is 494 g/mol. The highest BCUT2D eigenvalue weighted by atomic mass is 28.3. The molecule has 0 aromatic heterocycles. The Bertz CT molecular complexity index is 791. The van der Waals surface area contributed by atoms with E-state index in [1.54, 1.807) is 18.9 Å². The maximum absolute atomic E-state index is 13.1. The van der Waals surface area contributed by atoms with Crippen LogP contribution in [0.3, 0.4) is 0 Å². The van der Waals surface area contributed by atoms with Gasteiger partial charge in [0.05, 0.1) is 24.6 Å². The number of rotatable bonds is 11. The molecule has 0 saturated carbocycles. The zero-order valence-corrected chi connectivity index (χ0v) is 22.7. The summed E-state index contributed by atoms with van der Waals surface area (Å²) in [5.74, 6) is -0.290. The number of amides is 2. The molecule has 0 aliphatic carbocycles. The van der Waals surface area contributed by atoms with Gasteiger partial charge in [0, 0.05) is 26.2 Å². The van der Waals surface area contributed by atoms with E-state index >= 15 is 0 Å². The molecule has 1 radical (unpaired) electrons. The maximum atomic E-state index is 13.1. The zero-order chi connectivity index (χ0) is 25.6. The number of allylic oxidation sites excluding steroid dienone is 1. The topological polar surface area (TPSA) is 94.2 Å². The number of likely N-dealkylation sites (tertiary alicyclic amines) is 1. The fourth-order valence-corrected chi connectivity index (χ4v) is 5.08. The summed E-state index contributed by atoms with van der Waals surface area (Å²) in [6.07, 6.45) is 3.58. The molecule has 2 saturated heterocycles. The largest absolute Gasteiger partial charge is 0.445 e. The molecule has 0 aromatic carbocycles. The average Bonchev–Trinajstić information content (AvgIpc) is 3.16. The van der Waals surface area contributed by atoms with Crippen molar-refractivity contribution < 1.29 is 28.3 Å². The second kappa shape index (κ2) is 12.1. The van der Waals surface area contributed by atoms with Gasteiger partial charge >= 0.3 is 6.09 Å². The number of carbonyl (C=O) groups excluding carboxylic acids is 3. The van der Waals surface area contributed by atoms with Crippen LogP contribution >= 0.6 is 0 Å². The lowest BCUT2D eigenvalue weighted by atomic mass is 9.66. The van der Waals surface area contributed by atoms with Crippen LogP contribution in [0.25, 0.3) is 0 Å². The van der Waals surface area contributed by atoms with Crippen LogP contribution in [0, 0.1) is 17.3 Å². The van der Waals surface area contributed by atoms with Crippen LogP contribution in [0.4, 0.5) is 4.79 Å². The van der Waals surface area contributed by atoms with E-state index in [-0.39, 0.29) is 60.2 Å². The summed E-state index contributed by atoms with van der Waals surface area (Å²) in [5.41, 5.74) is 0.441. The van der Waals surface area contributed by atoms with E-state index in [2.05, 4.69) is 45.8 Å². The second-order valence-electron chi connectivity index (χ2n) is 10.5. The third-order valence-corrected chi connectivity index (χ3v) is 7.39. The van der Waals surface area contributed by atoms with Crippen molar-refractivity contribution in [2.45, 2.75) is 71.8 Å².